The summed E-state index contributed by atoms with van der Waals surface area (Å²) in [5.41, 5.74) is 5.71. The minimum Gasteiger partial charge on any atom is -0.465 e. The minimum absolute atomic E-state index is 0.0796. The number of carbonyl (C=O) groups excluding carboxylic acids is 6. The van der Waals surface area contributed by atoms with Crippen LogP contribution in [0.3, 0.4) is 0 Å². The lowest BCUT2D eigenvalue weighted by atomic mass is 10.1. The largest absolute Gasteiger partial charge is 0.465 e. The van der Waals surface area contributed by atoms with Gasteiger partial charge in [-0.2, -0.15) is 0 Å². The number of amides is 3. The van der Waals surface area contributed by atoms with Crippen molar-refractivity contribution in [2.75, 3.05) is 25.5 Å². The molecule has 11 nitrogen and oxygen atoms in total. The van der Waals surface area contributed by atoms with Gasteiger partial charge in [-0.1, -0.05) is 25.6 Å². The van der Waals surface area contributed by atoms with Crippen molar-refractivity contribution in [3.63, 3.8) is 0 Å². The molecule has 0 aliphatic carbocycles. The van der Waals surface area contributed by atoms with Gasteiger partial charge < -0.3 is 20.5 Å². The number of carbonyl (C=O) groups is 6. The molecular weight excluding hydrogens is 442 g/mol. The molecule has 3 amide bonds. The Morgan fingerprint density at radius 1 is 0.938 bits per heavy atom. The molecule has 0 saturated carbocycles. The zero-order valence-corrected chi connectivity index (χ0v) is 19.8. The van der Waals surface area contributed by atoms with E-state index in [4.69, 9.17) is 15.2 Å². The lowest BCUT2D eigenvalue weighted by molar-refractivity contribution is -0.151. The van der Waals surface area contributed by atoms with Crippen LogP contribution in [0.15, 0.2) is 0 Å². The Morgan fingerprint density at radius 2 is 1.56 bits per heavy atom. The van der Waals surface area contributed by atoms with Crippen molar-refractivity contribution >= 4 is 46.5 Å². The van der Waals surface area contributed by atoms with Crippen molar-refractivity contribution in [3.05, 3.63) is 0 Å². The molecule has 0 saturated heterocycles. The summed E-state index contributed by atoms with van der Waals surface area (Å²) >= 11 is 0.806. The first-order valence-electron chi connectivity index (χ1n) is 10.5. The van der Waals surface area contributed by atoms with Gasteiger partial charge in [0, 0.05) is 25.0 Å². The van der Waals surface area contributed by atoms with E-state index >= 15 is 0 Å². The number of nitrogens with one attached hydrogen (secondary N) is 1. The van der Waals surface area contributed by atoms with E-state index in [2.05, 4.69) is 5.32 Å². The summed E-state index contributed by atoms with van der Waals surface area (Å²) in [7, 11) is 0. The van der Waals surface area contributed by atoms with Gasteiger partial charge >= 0.3 is 11.9 Å². The van der Waals surface area contributed by atoms with Crippen molar-refractivity contribution in [2.45, 2.75) is 65.5 Å². The van der Waals surface area contributed by atoms with Crippen LogP contribution in [0.1, 0.15) is 53.4 Å². The average molecular weight is 476 g/mol. The summed E-state index contributed by atoms with van der Waals surface area (Å²) in [6.45, 7) is 6.19. The number of imide groups is 1. The molecule has 0 aromatic rings. The Balaban J connectivity index is 5.55. The van der Waals surface area contributed by atoms with Crippen LogP contribution in [0.25, 0.3) is 0 Å². The molecule has 2 unspecified atom stereocenters. The van der Waals surface area contributed by atoms with Gasteiger partial charge in [0.2, 0.25) is 17.7 Å². The second kappa shape index (κ2) is 16.2. The van der Waals surface area contributed by atoms with Crippen molar-refractivity contribution in [1.29, 1.82) is 0 Å². The lowest BCUT2D eigenvalue weighted by Crippen LogP contribution is -2.54. The van der Waals surface area contributed by atoms with Crippen molar-refractivity contribution in [1.82, 2.24) is 10.2 Å². The number of hydrogen-bond acceptors (Lipinski definition) is 10. The van der Waals surface area contributed by atoms with Gasteiger partial charge in [0.05, 0.1) is 13.2 Å². The van der Waals surface area contributed by atoms with Crippen LogP contribution < -0.4 is 11.1 Å². The Labute approximate surface area is 192 Å². The molecule has 0 aliphatic heterocycles. The minimum atomic E-state index is -1.33. The molecular formula is C20H33N3O8S. The Kier molecular flexibility index (Phi) is 15.0. The molecule has 2 atom stereocenters. The highest BCUT2D eigenvalue weighted by Crippen LogP contribution is 2.16. The average Bonchev–Trinajstić information content (AvgIpc) is 2.77. The molecule has 0 aromatic carbocycles. The van der Waals surface area contributed by atoms with Crippen LogP contribution in [-0.2, 0) is 38.2 Å². The third-order valence-corrected chi connectivity index (χ3v) is 5.21. The third-order valence-electron chi connectivity index (χ3n) is 4.12. The van der Waals surface area contributed by atoms with E-state index < -0.39 is 48.3 Å². The van der Waals surface area contributed by atoms with Crippen molar-refractivity contribution in [3.8, 4) is 0 Å². The van der Waals surface area contributed by atoms with E-state index in [0.29, 0.717) is 0 Å². The molecule has 0 fully saturated rings. The van der Waals surface area contributed by atoms with Crippen LogP contribution in [-0.4, -0.2) is 77.3 Å². The van der Waals surface area contributed by atoms with Gasteiger partial charge in [0.15, 0.2) is 5.12 Å². The first-order chi connectivity index (χ1) is 15.1. The first-order valence-corrected chi connectivity index (χ1v) is 11.5. The molecule has 32 heavy (non-hydrogen) atoms. The number of nitrogens with two attached hydrogens (primary N) is 1. The van der Waals surface area contributed by atoms with Crippen LogP contribution >= 0.6 is 11.8 Å². The van der Waals surface area contributed by atoms with E-state index in [1.807, 2.05) is 0 Å². The highest BCUT2D eigenvalue weighted by atomic mass is 32.2. The zero-order chi connectivity index (χ0) is 24.7. The quantitative estimate of drug-likeness (QED) is 0.330. The van der Waals surface area contributed by atoms with Crippen LogP contribution in [0, 0.1) is 0 Å². The fourth-order valence-electron chi connectivity index (χ4n) is 2.45. The smallest absolute Gasteiger partial charge is 0.325 e. The standard InChI is InChI=1S/C20H33N3O8S/c1-5-15(24)23(16(25)10-9-13(21)20(29)31-8-4)14(12-32-18(27)6-2)19(28)22-11-17(26)30-7-3/h13-14H,5-12,21H2,1-4H3,(H,22,28). The Bertz CT molecular complexity index is 686. The maximum atomic E-state index is 12.9. The molecule has 0 bridgehead atoms. The number of thioether (sulfide) groups is 1. The van der Waals surface area contributed by atoms with Crippen LogP contribution in [0.2, 0.25) is 0 Å². The van der Waals surface area contributed by atoms with Gasteiger partial charge in [-0.3, -0.25) is 33.7 Å². The number of rotatable bonds is 14. The van der Waals surface area contributed by atoms with Crippen molar-refractivity contribution in [2.24, 2.45) is 5.73 Å². The van der Waals surface area contributed by atoms with E-state index in [-0.39, 0.29) is 49.8 Å². The van der Waals surface area contributed by atoms with E-state index in [1.54, 1.807) is 20.8 Å². The highest BCUT2D eigenvalue weighted by Gasteiger charge is 2.35. The molecule has 3 N–H and O–H groups in total. The maximum Gasteiger partial charge on any atom is 0.325 e. The monoisotopic (exact) mass is 475 g/mol. The highest BCUT2D eigenvalue weighted by molar-refractivity contribution is 8.13. The fourth-order valence-corrected chi connectivity index (χ4v) is 3.30. The summed E-state index contributed by atoms with van der Waals surface area (Å²) < 4.78 is 9.55. The summed E-state index contributed by atoms with van der Waals surface area (Å²) in [5.74, 6) is -3.68. The van der Waals surface area contributed by atoms with Gasteiger partial charge in [-0.25, -0.2) is 0 Å². The van der Waals surface area contributed by atoms with Crippen molar-refractivity contribution < 1.29 is 38.2 Å². The normalized spacial score (nSPS) is 12.3. The summed E-state index contributed by atoms with van der Waals surface area (Å²) in [5, 5.41) is 2.11. The SMILES string of the molecule is CCOC(=O)CNC(=O)C(CSC(=O)CC)N(C(=O)CC)C(=O)CCC(N)C(=O)OCC. The predicted octanol–water partition coefficient (Wildman–Crippen LogP) is 0.140. The summed E-state index contributed by atoms with van der Waals surface area (Å²) in [4.78, 5) is 74.0. The molecule has 0 rings (SSSR count). The van der Waals surface area contributed by atoms with E-state index in [0.717, 1.165) is 16.7 Å². The Morgan fingerprint density at radius 3 is 2.09 bits per heavy atom. The molecule has 0 aromatic heterocycles. The zero-order valence-electron chi connectivity index (χ0n) is 19.0. The molecule has 0 radical (unpaired) electrons. The number of nitrogens with zero attached hydrogens (tertiary/aromatic N) is 1. The molecule has 0 spiro atoms. The van der Waals surface area contributed by atoms with Gasteiger partial charge in [-0.15, -0.1) is 0 Å². The third kappa shape index (κ3) is 10.7. The molecule has 0 aliphatic rings. The fraction of sp³-hybridized carbons (Fsp3) is 0.700. The summed E-state index contributed by atoms with van der Waals surface area (Å²) in [6, 6.07) is -2.40. The molecule has 12 heteroatoms. The second-order valence-corrected chi connectivity index (χ2v) is 7.56. The number of hydrogen-bond donors (Lipinski definition) is 2. The van der Waals surface area contributed by atoms with E-state index in [1.165, 1.54) is 6.92 Å². The first kappa shape index (κ1) is 29.5. The molecule has 182 valence electrons. The van der Waals surface area contributed by atoms with E-state index in [9.17, 15) is 28.8 Å². The lowest BCUT2D eigenvalue weighted by Gasteiger charge is -2.29. The number of esters is 2. The topological polar surface area (TPSA) is 162 Å². The van der Waals surface area contributed by atoms with Gasteiger partial charge in [0.25, 0.3) is 0 Å². The van der Waals surface area contributed by atoms with Gasteiger partial charge in [0.1, 0.15) is 18.6 Å². The van der Waals surface area contributed by atoms with Crippen LogP contribution in [0.4, 0.5) is 0 Å². The predicted molar refractivity (Wildman–Crippen MR) is 117 cm³/mol. The van der Waals surface area contributed by atoms with Crippen LogP contribution in [0.5, 0.6) is 0 Å². The Hall–Kier alpha value is -2.47. The maximum absolute atomic E-state index is 12.9. The van der Waals surface area contributed by atoms with Gasteiger partial charge in [-0.05, 0) is 20.3 Å². The number of ether oxygens (including phenoxy) is 2. The summed E-state index contributed by atoms with van der Waals surface area (Å²) in [6.07, 6.45) is -0.265. The molecule has 0 heterocycles. The second-order valence-electron chi connectivity index (χ2n) is 6.48.